The van der Waals surface area contributed by atoms with Gasteiger partial charge in [0.1, 0.15) is 4.83 Å². The average Bonchev–Trinajstić information content (AvgIpc) is 3.09. The van der Waals surface area contributed by atoms with Crippen LogP contribution >= 0.6 is 34.7 Å². The van der Waals surface area contributed by atoms with E-state index in [1.165, 1.54) is 16.6 Å². The second-order valence-corrected chi connectivity index (χ2v) is 11.3. The van der Waals surface area contributed by atoms with Crippen LogP contribution in [0.2, 0.25) is 5.02 Å². The number of aryl methyl sites for hydroxylation is 2. The minimum absolute atomic E-state index is 0.0897. The molecule has 3 heterocycles. The van der Waals surface area contributed by atoms with E-state index in [0.29, 0.717) is 21.3 Å². The summed E-state index contributed by atoms with van der Waals surface area (Å²) in [7, 11) is 0. The van der Waals surface area contributed by atoms with E-state index < -0.39 is 0 Å². The number of rotatable bonds is 6. The summed E-state index contributed by atoms with van der Waals surface area (Å²) in [6.45, 7) is 8.39. The van der Waals surface area contributed by atoms with E-state index in [0.717, 1.165) is 42.5 Å². The van der Waals surface area contributed by atoms with Crippen molar-refractivity contribution in [1.29, 1.82) is 0 Å². The molecule has 0 bridgehead atoms. The molecular formula is C25H30ClN3O2S2. The Morgan fingerprint density at radius 3 is 2.52 bits per heavy atom. The molecule has 1 saturated heterocycles. The molecule has 1 aliphatic heterocycles. The number of halogens is 1. The molecule has 1 aromatic carbocycles. The molecule has 0 N–H and O–H groups in total. The van der Waals surface area contributed by atoms with Gasteiger partial charge in [0.15, 0.2) is 5.16 Å². The van der Waals surface area contributed by atoms with Crippen molar-refractivity contribution in [2.24, 2.45) is 0 Å². The number of amides is 1. The first-order valence-corrected chi connectivity index (χ1v) is 13.7. The fourth-order valence-corrected chi connectivity index (χ4v) is 7.03. The van der Waals surface area contributed by atoms with Gasteiger partial charge in [0, 0.05) is 22.0 Å². The van der Waals surface area contributed by atoms with Gasteiger partial charge in [-0.1, -0.05) is 36.7 Å². The summed E-state index contributed by atoms with van der Waals surface area (Å²) in [5, 5.41) is 1.83. The summed E-state index contributed by atoms with van der Waals surface area (Å²) >= 11 is 9.03. The number of fused-ring (bicyclic) bond motifs is 1. The van der Waals surface area contributed by atoms with Gasteiger partial charge >= 0.3 is 0 Å². The van der Waals surface area contributed by atoms with E-state index >= 15 is 0 Å². The van der Waals surface area contributed by atoms with Crippen LogP contribution in [0.3, 0.4) is 0 Å². The van der Waals surface area contributed by atoms with Crippen molar-refractivity contribution in [2.75, 3.05) is 5.75 Å². The first-order valence-electron chi connectivity index (χ1n) is 11.6. The molecule has 33 heavy (non-hydrogen) atoms. The summed E-state index contributed by atoms with van der Waals surface area (Å²) in [5.41, 5.74) is 1.63. The van der Waals surface area contributed by atoms with Crippen molar-refractivity contribution in [3.8, 4) is 5.69 Å². The summed E-state index contributed by atoms with van der Waals surface area (Å²) in [5.74, 6) is 0.359. The number of hydrogen-bond donors (Lipinski definition) is 0. The summed E-state index contributed by atoms with van der Waals surface area (Å²) in [6.07, 6.45) is 5.18. The fraction of sp³-hybridized carbons (Fsp3) is 0.480. The summed E-state index contributed by atoms with van der Waals surface area (Å²) in [6, 6.07) is 7.68. The first-order chi connectivity index (χ1) is 15.8. The van der Waals surface area contributed by atoms with Crippen LogP contribution in [-0.2, 0) is 11.2 Å². The average molecular weight is 504 g/mol. The van der Waals surface area contributed by atoms with Crippen LogP contribution < -0.4 is 5.56 Å². The lowest BCUT2D eigenvalue weighted by atomic mass is 9.98. The zero-order valence-corrected chi connectivity index (χ0v) is 21.9. The van der Waals surface area contributed by atoms with Gasteiger partial charge in [-0.15, -0.1) is 11.3 Å². The number of carbonyl (C=O) groups excluding carboxylic acids is 1. The molecule has 0 spiro atoms. The molecule has 0 saturated carbocycles. The number of thiophene rings is 1. The number of thioether (sulfide) groups is 1. The van der Waals surface area contributed by atoms with E-state index in [9.17, 15) is 9.59 Å². The maximum Gasteiger partial charge on any atom is 0.267 e. The molecule has 0 aliphatic carbocycles. The van der Waals surface area contributed by atoms with Crippen LogP contribution in [0.1, 0.15) is 56.9 Å². The Kier molecular flexibility index (Phi) is 7.51. The molecule has 2 atom stereocenters. The van der Waals surface area contributed by atoms with Crippen LogP contribution in [0, 0.1) is 6.92 Å². The number of likely N-dealkylation sites (tertiary alicyclic amines) is 1. The highest BCUT2D eigenvalue weighted by atomic mass is 35.5. The normalized spacial score (nSPS) is 18.8. The highest BCUT2D eigenvalue weighted by Gasteiger charge is 2.29. The van der Waals surface area contributed by atoms with Gasteiger partial charge in [-0.25, -0.2) is 4.98 Å². The van der Waals surface area contributed by atoms with Crippen molar-refractivity contribution in [2.45, 2.75) is 77.0 Å². The molecule has 3 aromatic rings. The monoisotopic (exact) mass is 503 g/mol. The molecule has 1 aliphatic rings. The Morgan fingerprint density at radius 1 is 1.21 bits per heavy atom. The molecule has 1 amide bonds. The minimum Gasteiger partial charge on any atom is -0.337 e. The van der Waals surface area contributed by atoms with Crippen molar-refractivity contribution < 1.29 is 4.79 Å². The summed E-state index contributed by atoms with van der Waals surface area (Å²) < 4.78 is 1.63. The molecular weight excluding hydrogens is 474 g/mol. The molecule has 1 fully saturated rings. The standard InChI is InChI=1S/C25H30ClN3O2S2/c1-5-7-20-17(4)22-23(33-20)27-25(29(24(22)31)19-12-10-18(26)11-13-19)32-14-21(30)28-15(2)8-6-9-16(28)3/h10-13,15-16H,5-9,14H2,1-4H3/t15-,16-/m0/s1. The lowest BCUT2D eigenvalue weighted by Gasteiger charge is -2.39. The second kappa shape index (κ2) is 10.2. The third-order valence-corrected chi connectivity index (χ3v) is 8.82. The largest absolute Gasteiger partial charge is 0.337 e. The van der Waals surface area contributed by atoms with Gasteiger partial charge in [0.05, 0.1) is 16.8 Å². The maximum absolute atomic E-state index is 13.7. The van der Waals surface area contributed by atoms with Crippen molar-refractivity contribution in [3.63, 3.8) is 0 Å². The van der Waals surface area contributed by atoms with Crippen molar-refractivity contribution in [1.82, 2.24) is 14.5 Å². The third kappa shape index (κ3) is 4.86. The predicted octanol–water partition coefficient (Wildman–Crippen LogP) is 6.24. The molecule has 0 unspecified atom stereocenters. The van der Waals surface area contributed by atoms with Gasteiger partial charge in [0.2, 0.25) is 5.91 Å². The van der Waals surface area contributed by atoms with E-state index in [4.69, 9.17) is 16.6 Å². The molecule has 0 radical (unpaired) electrons. The highest BCUT2D eigenvalue weighted by Crippen LogP contribution is 2.32. The van der Waals surface area contributed by atoms with Gasteiger partial charge < -0.3 is 4.90 Å². The second-order valence-electron chi connectivity index (χ2n) is 8.81. The Hall–Kier alpha value is -1.83. The topological polar surface area (TPSA) is 55.2 Å². The van der Waals surface area contributed by atoms with Crippen LogP contribution in [0.25, 0.3) is 15.9 Å². The highest BCUT2D eigenvalue weighted by molar-refractivity contribution is 7.99. The number of aromatic nitrogens is 2. The van der Waals surface area contributed by atoms with E-state index in [1.807, 2.05) is 24.0 Å². The zero-order valence-electron chi connectivity index (χ0n) is 19.6. The SMILES string of the molecule is CCCc1sc2nc(SCC(=O)N3[C@@H](C)CCC[C@@H]3C)n(-c3ccc(Cl)cc3)c(=O)c2c1C. The van der Waals surface area contributed by atoms with E-state index in [1.54, 1.807) is 28.0 Å². The predicted molar refractivity (Wildman–Crippen MR) is 139 cm³/mol. The summed E-state index contributed by atoms with van der Waals surface area (Å²) in [4.78, 5) is 35.7. The lowest BCUT2D eigenvalue weighted by molar-refractivity contribution is -0.134. The zero-order chi connectivity index (χ0) is 23.7. The lowest BCUT2D eigenvalue weighted by Crippen LogP contribution is -2.48. The Labute approximate surface area is 208 Å². The maximum atomic E-state index is 13.7. The Bertz CT molecular complexity index is 1210. The number of hydrogen-bond acceptors (Lipinski definition) is 5. The van der Waals surface area contributed by atoms with Crippen molar-refractivity contribution >= 4 is 50.8 Å². The molecule has 8 heteroatoms. The number of nitrogens with zero attached hydrogens (tertiary/aromatic N) is 3. The minimum atomic E-state index is -0.0897. The van der Waals surface area contributed by atoms with E-state index in [-0.39, 0.29) is 29.3 Å². The van der Waals surface area contributed by atoms with Crippen molar-refractivity contribution in [3.05, 3.63) is 50.1 Å². The van der Waals surface area contributed by atoms with Gasteiger partial charge in [-0.2, -0.15) is 0 Å². The van der Waals surface area contributed by atoms with E-state index in [2.05, 4.69) is 20.8 Å². The Morgan fingerprint density at radius 2 is 1.88 bits per heavy atom. The third-order valence-electron chi connectivity index (χ3n) is 6.40. The Balaban J connectivity index is 1.75. The van der Waals surface area contributed by atoms with Gasteiger partial charge in [-0.3, -0.25) is 14.2 Å². The van der Waals surface area contributed by atoms with Gasteiger partial charge in [0.25, 0.3) is 5.56 Å². The quantitative estimate of drug-likeness (QED) is 0.295. The van der Waals surface area contributed by atoms with Crippen LogP contribution in [0.5, 0.6) is 0 Å². The number of carbonyl (C=O) groups is 1. The number of piperidine rings is 1. The van der Waals surface area contributed by atoms with Crippen LogP contribution in [0.4, 0.5) is 0 Å². The number of benzene rings is 1. The fourth-order valence-electron chi connectivity index (χ4n) is 4.70. The molecule has 176 valence electrons. The molecule has 2 aromatic heterocycles. The first kappa shape index (κ1) is 24.3. The smallest absolute Gasteiger partial charge is 0.267 e. The van der Waals surface area contributed by atoms with Crippen LogP contribution in [0.15, 0.2) is 34.2 Å². The molecule has 4 rings (SSSR count). The van der Waals surface area contributed by atoms with Gasteiger partial charge in [-0.05, 0) is 76.3 Å². The van der Waals surface area contributed by atoms with Crippen LogP contribution in [-0.4, -0.2) is 38.2 Å². The molecule has 5 nitrogen and oxygen atoms in total.